The van der Waals surface area contributed by atoms with Crippen molar-refractivity contribution in [2.45, 2.75) is 25.4 Å². The first kappa shape index (κ1) is 15.5. The third kappa shape index (κ3) is 5.18. The second kappa shape index (κ2) is 7.78. The van der Waals surface area contributed by atoms with Crippen LogP contribution in [-0.2, 0) is 4.79 Å². The van der Waals surface area contributed by atoms with Crippen LogP contribution in [0.2, 0.25) is 0 Å². The number of nitrogens with zero attached hydrogens (tertiary/aromatic N) is 3. The molecule has 0 saturated carbocycles. The van der Waals surface area contributed by atoms with Gasteiger partial charge in [-0.25, -0.2) is 4.98 Å². The molecule has 2 aromatic rings. The number of aromatic nitrogens is 4. The lowest BCUT2D eigenvalue weighted by Crippen LogP contribution is -2.26. The smallest absolute Gasteiger partial charge is 0.230 e. The lowest BCUT2D eigenvalue weighted by Gasteiger charge is -2.05. The summed E-state index contributed by atoms with van der Waals surface area (Å²) in [6, 6.07) is 3.71. The monoisotopic (exact) mass is 305 g/mol. The largest absolute Gasteiger partial charge is 0.355 e. The Hall–Kier alpha value is -1.89. The maximum atomic E-state index is 11.7. The van der Waals surface area contributed by atoms with Gasteiger partial charge in [0.05, 0.1) is 5.75 Å². The molecule has 1 amide bonds. The second-order valence-corrected chi connectivity index (χ2v) is 5.97. The van der Waals surface area contributed by atoms with E-state index in [1.54, 1.807) is 12.4 Å². The molecule has 2 heterocycles. The summed E-state index contributed by atoms with van der Waals surface area (Å²) in [4.78, 5) is 20.0. The molecule has 0 saturated heterocycles. The predicted octanol–water partition coefficient (Wildman–Crippen LogP) is 2.12. The molecule has 0 atom stereocenters. The molecule has 0 aromatic carbocycles. The Morgan fingerprint density at radius 1 is 1.38 bits per heavy atom. The van der Waals surface area contributed by atoms with Gasteiger partial charge in [-0.3, -0.25) is 14.9 Å². The van der Waals surface area contributed by atoms with Gasteiger partial charge in [0.1, 0.15) is 0 Å². The van der Waals surface area contributed by atoms with Gasteiger partial charge < -0.3 is 5.32 Å². The highest BCUT2D eigenvalue weighted by Gasteiger charge is 2.08. The fourth-order valence-electron chi connectivity index (χ4n) is 1.63. The summed E-state index contributed by atoms with van der Waals surface area (Å²) in [5, 5.41) is 10.4. The summed E-state index contributed by atoms with van der Waals surface area (Å²) in [5.74, 6) is 1.61. The lowest BCUT2D eigenvalue weighted by atomic mass is 10.1. The third-order valence-corrected chi connectivity index (χ3v) is 3.64. The van der Waals surface area contributed by atoms with E-state index in [2.05, 4.69) is 39.3 Å². The van der Waals surface area contributed by atoms with Crippen LogP contribution in [-0.4, -0.2) is 38.4 Å². The van der Waals surface area contributed by atoms with Gasteiger partial charge in [0.2, 0.25) is 11.1 Å². The molecule has 6 nitrogen and oxygen atoms in total. The molecule has 7 heteroatoms. The topological polar surface area (TPSA) is 83.6 Å². The summed E-state index contributed by atoms with van der Waals surface area (Å²) < 4.78 is 0. The van der Waals surface area contributed by atoms with Crippen LogP contribution in [0, 0.1) is 5.92 Å². The van der Waals surface area contributed by atoms with Crippen LogP contribution in [0.3, 0.4) is 0 Å². The van der Waals surface area contributed by atoms with Crippen molar-refractivity contribution in [1.29, 1.82) is 0 Å². The first-order valence-corrected chi connectivity index (χ1v) is 7.86. The molecule has 0 spiro atoms. The molecule has 0 unspecified atom stereocenters. The highest BCUT2D eigenvalue weighted by Crippen LogP contribution is 2.18. The third-order valence-electron chi connectivity index (χ3n) is 2.79. The second-order valence-electron chi connectivity index (χ2n) is 5.02. The average Bonchev–Trinajstić information content (AvgIpc) is 2.94. The molecule has 0 aliphatic rings. The van der Waals surface area contributed by atoms with Crippen molar-refractivity contribution in [3.05, 3.63) is 24.5 Å². The summed E-state index contributed by atoms with van der Waals surface area (Å²) in [7, 11) is 0. The standard InChI is InChI=1S/C14H19N5OS/c1-10(2)3-8-16-12(20)9-21-14-17-13(18-19-14)11-4-6-15-7-5-11/h4-7,10H,3,8-9H2,1-2H3,(H,16,20)(H,17,18,19). The summed E-state index contributed by atoms with van der Waals surface area (Å²) in [6.07, 6.45) is 4.39. The van der Waals surface area contributed by atoms with Gasteiger partial charge in [0, 0.05) is 24.5 Å². The first-order chi connectivity index (χ1) is 10.1. The van der Waals surface area contributed by atoms with E-state index in [-0.39, 0.29) is 5.91 Å². The van der Waals surface area contributed by atoms with Crippen molar-refractivity contribution in [3.63, 3.8) is 0 Å². The van der Waals surface area contributed by atoms with Crippen molar-refractivity contribution < 1.29 is 4.79 Å². The van der Waals surface area contributed by atoms with Crippen molar-refractivity contribution >= 4 is 17.7 Å². The van der Waals surface area contributed by atoms with Gasteiger partial charge in [-0.15, -0.1) is 5.10 Å². The van der Waals surface area contributed by atoms with Crippen LogP contribution in [0.5, 0.6) is 0 Å². The Labute approximate surface area is 128 Å². The number of H-pyrrole nitrogens is 1. The molecular formula is C14H19N5OS. The van der Waals surface area contributed by atoms with E-state index in [9.17, 15) is 4.79 Å². The number of nitrogens with one attached hydrogen (secondary N) is 2. The number of pyridine rings is 1. The zero-order valence-electron chi connectivity index (χ0n) is 12.2. The normalized spacial score (nSPS) is 10.8. The van der Waals surface area contributed by atoms with Crippen LogP contribution in [0.15, 0.2) is 29.7 Å². The Morgan fingerprint density at radius 3 is 2.86 bits per heavy atom. The predicted molar refractivity (Wildman–Crippen MR) is 82.8 cm³/mol. The highest BCUT2D eigenvalue weighted by molar-refractivity contribution is 7.99. The van der Waals surface area contributed by atoms with Crippen LogP contribution in [0.4, 0.5) is 0 Å². The fraction of sp³-hybridized carbons (Fsp3) is 0.429. The van der Waals surface area contributed by atoms with E-state index in [0.717, 1.165) is 12.0 Å². The molecule has 112 valence electrons. The zero-order chi connectivity index (χ0) is 15.1. The number of carbonyl (C=O) groups is 1. The molecule has 0 bridgehead atoms. The van der Waals surface area contributed by atoms with Crippen LogP contribution in [0.25, 0.3) is 11.4 Å². The van der Waals surface area contributed by atoms with Crippen molar-refractivity contribution in [2.75, 3.05) is 12.3 Å². The molecule has 21 heavy (non-hydrogen) atoms. The highest BCUT2D eigenvalue weighted by atomic mass is 32.2. The van der Waals surface area contributed by atoms with Gasteiger partial charge in [-0.1, -0.05) is 25.6 Å². The summed E-state index contributed by atoms with van der Waals surface area (Å²) in [6.45, 7) is 4.98. The first-order valence-electron chi connectivity index (χ1n) is 6.87. The number of amides is 1. The van der Waals surface area contributed by atoms with Gasteiger partial charge in [-0.05, 0) is 24.5 Å². The number of hydrogen-bond acceptors (Lipinski definition) is 5. The van der Waals surface area contributed by atoms with E-state index < -0.39 is 0 Å². The fourth-order valence-corrected chi connectivity index (χ4v) is 2.26. The van der Waals surface area contributed by atoms with E-state index in [4.69, 9.17) is 0 Å². The summed E-state index contributed by atoms with van der Waals surface area (Å²) >= 11 is 1.32. The van der Waals surface area contributed by atoms with Crippen LogP contribution < -0.4 is 5.32 Å². The Bertz CT molecular complexity index is 570. The number of hydrogen-bond donors (Lipinski definition) is 2. The van der Waals surface area contributed by atoms with Gasteiger partial charge in [-0.2, -0.15) is 0 Å². The number of thioether (sulfide) groups is 1. The van der Waals surface area contributed by atoms with Gasteiger partial charge in [0.25, 0.3) is 0 Å². The van der Waals surface area contributed by atoms with E-state index in [1.807, 2.05) is 12.1 Å². The quantitative estimate of drug-likeness (QED) is 0.766. The van der Waals surface area contributed by atoms with E-state index in [0.29, 0.717) is 29.2 Å². The Balaban J connectivity index is 1.79. The van der Waals surface area contributed by atoms with Crippen molar-refractivity contribution in [3.8, 4) is 11.4 Å². The minimum absolute atomic E-state index is 0.0101. The molecule has 2 rings (SSSR count). The van der Waals surface area contributed by atoms with E-state index >= 15 is 0 Å². The zero-order valence-corrected chi connectivity index (χ0v) is 13.0. The maximum Gasteiger partial charge on any atom is 0.230 e. The van der Waals surface area contributed by atoms with E-state index in [1.165, 1.54) is 11.8 Å². The minimum atomic E-state index is 0.0101. The van der Waals surface area contributed by atoms with Crippen molar-refractivity contribution in [1.82, 2.24) is 25.5 Å². The molecule has 0 fully saturated rings. The number of carbonyl (C=O) groups excluding carboxylic acids is 1. The molecular weight excluding hydrogens is 286 g/mol. The average molecular weight is 305 g/mol. The molecule has 2 aromatic heterocycles. The van der Waals surface area contributed by atoms with Gasteiger partial charge in [0.15, 0.2) is 5.82 Å². The minimum Gasteiger partial charge on any atom is -0.355 e. The number of rotatable bonds is 7. The molecule has 0 radical (unpaired) electrons. The van der Waals surface area contributed by atoms with Crippen molar-refractivity contribution in [2.24, 2.45) is 5.92 Å². The Morgan fingerprint density at radius 2 is 2.14 bits per heavy atom. The lowest BCUT2D eigenvalue weighted by molar-refractivity contribution is -0.118. The SMILES string of the molecule is CC(C)CCNC(=O)CSc1n[nH]c(-c2ccncc2)n1. The molecule has 0 aliphatic carbocycles. The summed E-state index contributed by atoms with van der Waals surface area (Å²) in [5.41, 5.74) is 0.922. The maximum absolute atomic E-state index is 11.7. The Kier molecular flexibility index (Phi) is 5.74. The van der Waals surface area contributed by atoms with Crippen LogP contribution >= 0.6 is 11.8 Å². The van der Waals surface area contributed by atoms with Crippen LogP contribution in [0.1, 0.15) is 20.3 Å². The molecule has 0 aliphatic heterocycles. The number of aromatic amines is 1. The molecule has 2 N–H and O–H groups in total. The van der Waals surface area contributed by atoms with Gasteiger partial charge >= 0.3 is 0 Å².